The van der Waals surface area contributed by atoms with Gasteiger partial charge in [-0.05, 0) is 41.5 Å². The van der Waals surface area contributed by atoms with E-state index in [4.69, 9.17) is 0 Å². The maximum absolute atomic E-state index is 12.6. The number of hydrogen-bond donors (Lipinski definition) is 2. The van der Waals surface area contributed by atoms with E-state index < -0.39 is 0 Å². The maximum Gasteiger partial charge on any atom is 0.239 e. The molecule has 0 unspecified atom stereocenters. The first-order valence-electron chi connectivity index (χ1n) is 8.81. The Hall–Kier alpha value is -3.08. The van der Waals surface area contributed by atoms with Crippen LogP contribution in [-0.4, -0.2) is 23.4 Å². The topological polar surface area (TPSA) is 63.1 Å². The van der Waals surface area contributed by atoms with E-state index in [1.54, 1.807) is 7.05 Å². The number of aromatic nitrogens is 1. The van der Waals surface area contributed by atoms with Crippen LogP contribution in [0.1, 0.15) is 17.9 Å². The minimum atomic E-state index is -0.0550. The Labute approximate surface area is 152 Å². The number of nitrogens with one attached hydrogen (secondary N) is 2. The zero-order valence-electron chi connectivity index (χ0n) is 14.6. The molecule has 0 radical (unpaired) electrons. The normalized spacial score (nSPS) is 18.5. The summed E-state index contributed by atoms with van der Waals surface area (Å²) in [5, 5.41) is 6.70. The van der Waals surface area contributed by atoms with Gasteiger partial charge in [0.15, 0.2) is 0 Å². The van der Waals surface area contributed by atoms with Crippen LogP contribution in [0.3, 0.4) is 0 Å². The van der Waals surface area contributed by atoms with Crippen LogP contribution < -0.4 is 10.6 Å². The molecule has 5 nitrogen and oxygen atoms in total. The zero-order valence-corrected chi connectivity index (χ0v) is 14.6. The van der Waals surface area contributed by atoms with Gasteiger partial charge in [0, 0.05) is 24.8 Å². The van der Waals surface area contributed by atoms with Crippen LogP contribution in [0.2, 0.25) is 0 Å². The number of benzene rings is 2. The summed E-state index contributed by atoms with van der Waals surface area (Å²) in [6.07, 6.45) is 2.78. The molecule has 4 rings (SSSR count). The Balaban J connectivity index is 1.48. The van der Waals surface area contributed by atoms with E-state index in [-0.39, 0.29) is 24.3 Å². The smallest absolute Gasteiger partial charge is 0.239 e. The van der Waals surface area contributed by atoms with Gasteiger partial charge in [-0.1, -0.05) is 36.4 Å². The van der Waals surface area contributed by atoms with Crippen molar-refractivity contribution in [3.05, 3.63) is 66.4 Å². The number of rotatable bonds is 5. The van der Waals surface area contributed by atoms with E-state index in [1.807, 2.05) is 53.2 Å². The molecule has 3 aromatic rings. The highest BCUT2D eigenvalue weighted by Crippen LogP contribution is 2.47. The Morgan fingerprint density at radius 2 is 1.92 bits per heavy atom. The number of carbonyl (C=O) groups excluding carboxylic acids is 2. The van der Waals surface area contributed by atoms with Gasteiger partial charge in [0.05, 0.1) is 5.52 Å². The number of nitrogens with zero attached hydrogens (tertiary/aromatic N) is 1. The predicted molar refractivity (Wildman–Crippen MR) is 102 cm³/mol. The molecule has 1 aliphatic carbocycles. The first kappa shape index (κ1) is 16.4. The second kappa shape index (κ2) is 6.67. The summed E-state index contributed by atoms with van der Waals surface area (Å²) in [5.74, 6) is 0.353. The van der Waals surface area contributed by atoms with Gasteiger partial charge in [-0.15, -0.1) is 0 Å². The molecule has 0 spiro atoms. The number of anilines is 1. The number of hydrogen-bond acceptors (Lipinski definition) is 2. The highest BCUT2D eigenvalue weighted by molar-refractivity contribution is 5.97. The van der Waals surface area contributed by atoms with E-state index in [1.165, 1.54) is 5.56 Å². The third-order valence-corrected chi connectivity index (χ3v) is 4.99. The molecule has 2 N–H and O–H groups in total. The van der Waals surface area contributed by atoms with Gasteiger partial charge in [0.1, 0.15) is 6.54 Å². The molecule has 2 atom stereocenters. The van der Waals surface area contributed by atoms with Crippen LogP contribution in [0.4, 0.5) is 5.69 Å². The number of amides is 2. The first-order valence-corrected chi connectivity index (χ1v) is 8.81. The molecule has 0 aliphatic heterocycles. The Kier molecular flexibility index (Phi) is 4.21. The molecule has 0 bridgehead atoms. The van der Waals surface area contributed by atoms with Crippen molar-refractivity contribution in [1.82, 2.24) is 9.88 Å². The van der Waals surface area contributed by atoms with Crippen molar-refractivity contribution in [2.45, 2.75) is 18.9 Å². The molecule has 132 valence electrons. The lowest BCUT2D eigenvalue weighted by atomic mass is 10.1. The van der Waals surface area contributed by atoms with E-state index in [9.17, 15) is 9.59 Å². The van der Waals surface area contributed by atoms with Gasteiger partial charge in [-0.3, -0.25) is 9.59 Å². The van der Waals surface area contributed by atoms with Crippen LogP contribution >= 0.6 is 0 Å². The van der Waals surface area contributed by atoms with Gasteiger partial charge >= 0.3 is 0 Å². The van der Waals surface area contributed by atoms with E-state index >= 15 is 0 Å². The summed E-state index contributed by atoms with van der Waals surface area (Å²) in [5.41, 5.74) is 2.92. The molecule has 1 saturated carbocycles. The number of fused-ring (bicyclic) bond motifs is 1. The largest absolute Gasteiger partial charge is 0.358 e. The molecule has 5 heteroatoms. The van der Waals surface area contributed by atoms with Crippen molar-refractivity contribution in [3.63, 3.8) is 0 Å². The van der Waals surface area contributed by atoms with Crippen molar-refractivity contribution < 1.29 is 9.59 Å². The molecule has 1 aromatic heterocycles. The van der Waals surface area contributed by atoms with Crippen LogP contribution in [-0.2, 0) is 16.1 Å². The highest BCUT2D eigenvalue weighted by Gasteiger charge is 2.43. The van der Waals surface area contributed by atoms with Crippen molar-refractivity contribution in [2.24, 2.45) is 5.92 Å². The van der Waals surface area contributed by atoms with E-state index in [0.29, 0.717) is 5.92 Å². The zero-order chi connectivity index (χ0) is 18.1. The van der Waals surface area contributed by atoms with Gasteiger partial charge in [-0.25, -0.2) is 0 Å². The summed E-state index contributed by atoms with van der Waals surface area (Å²) < 4.78 is 1.88. The molecule has 1 heterocycles. The first-order chi connectivity index (χ1) is 12.7. The second-order valence-electron chi connectivity index (χ2n) is 6.74. The fourth-order valence-electron chi connectivity index (χ4n) is 3.42. The Bertz CT molecular complexity index is 962. The Morgan fingerprint density at radius 3 is 2.69 bits per heavy atom. The summed E-state index contributed by atoms with van der Waals surface area (Å²) >= 11 is 0. The van der Waals surface area contributed by atoms with Crippen LogP contribution in [0.25, 0.3) is 10.9 Å². The van der Waals surface area contributed by atoms with Gasteiger partial charge in [0.25, 0.3) is 0 Å². The summed E-state index contributed by atoms with van der Waals surface area (Å²) in [4.78, 5) is 24.2. The van der Waals surface area contributed by atoms with Crippen molar-refractivity contribution in [2.75, 3.05) is 12.4 Å². The predicted octanol–water partition coefficient (Wildman–Crippen LogP) is 3.13. The third-order valence-electron chi connectivity index (χ3n) is 4.99. The average Bonchev–Trinajstić information content (AvgIpc) is 3.39. The van der Waals surface area contributed by atoms with Crippen LogP contribution in [0, 0.1) is 5.92 Å². The lowest BCUT2D eigenvalue weighted by Crippen LogP contribution is -2.23. The lowest BCUT2D eigenvalue weighted by Gasteiger charge is -2.08. The van der Waals surface area contributed by atoms with Gasteiger partial charge in [-0.2, -0.15) is 0 Å². The number of carbonyl (C=O) groups is 2. The molecule has 2 amide bonds. The fourth-order valence-corrected chi connectivity index (χ4v) is 3.42. The monoisotopic (exact) mass is 347 g/mol. The van der Waals surface area contributed by atoms with E-state index in [2.05, 4.69) is 22.8 Å². The van der Waals surface area contributed by atoms with Gasteiger partial charge in [0.2, 0.25) is 11.8 Å². The average molecular weight is 347 g/mol. The SMILES string of the molecule is CNC(=O)Cn1ccc2ccc(NC(=O)[C@@H]3C[C@H]3c3ccccc3)cc21. The maximum atomic E-state index is 12.6. The van der Waals surface area contributed by atoms with Crippen molar-refractivity contribution in [1.29, 1.82) is 0 Å². The number of likely N-dealkylation sites (N-methyl/N-ethyl adjacent to an activating group) is 1. The summed E-state index contributed by atoms with van der Waals surface area (Å²) in [6, 6.07) is 17.9. The fraction of sp³-hybridized carbons (Fsp3) is 0.238. The van der Waals surface area contributed by atoms with Crippen LogP contribution in [0.5, 0.6) is 0 Å². The molecule has 1 fully saturated rings. The molecule has 26 heavy (non-hydrogen) atoms. The molecule has 2 aromatic carbocycles. The minimum absolute atomic E-state index is 0.0331. The lowest BCUT2D eigenvalue weighted by molar-refractivity contribution is -0.121. The van der Waals surface area contributed by atoms with Crippen molar-refractivity contribution in [3.8, 4) is 0 Å². The molecular formula is C21H21N3O2. The van der Waals surface area contributed by atoms with E-state index in [0.717, 1.165) is 23.0 Å². The second-order valence-corrected chi connectivity index (χ2v) is 6.74. The molecule has 1 aliphatic rings. The quantitative estimate of drug-likeness (QED) is 0.745. The van der Waals surface area contributed by atoms with Crippen molar-refractivity contribution >= 4 is 28.4 Å². The van der Waals surface area contributed by atoms with Crippen LogP contribution in [0.15, 0.2) is 60.8 Å². The molecular weight excluding hydrogens is 326 g/mol. The summed E-state index contributed by atoms with van der Waals surface area (Å²) in [6.45, 7) is 0.260. The Morgan fingerprint density at radius 1 is 1.12 bits per heavy atom. The minimum Gasteiger partial charge on any atom is -0.358 e. The standard InChI is InChI=1S/C21H21N3O2/c1-22-20(25)13-24-10-9-15-7-8-16(11-19(15)24)23-21(26)18-12-17(18)14-5-3-2-4-6-14/h2-11,17-18H,12-13H2,1H3,(H,22,25)(H,23,26)/t17-,18+/m0/s1. The molecule has 0 saturated heterocycles. The highest BCUT2D eigenvalue weighted by atomic mass is 16.2. The summed E-state index contributed by atoms with van der Waals surface area (Å²) in [7, 11) is 1.62. The third kappa shape index (κ3) is 3.20. The van der Waals surface area contributed by atoms with Gasteiger partial charge < -0.3 is 15.2 Å².